The molecule has 1 aromatic heterocycles. The summed E-state index contributed by atoms with van der Waals surface area (Å²) in [5, 5.41) is 3.29. The Morgan fingerprint density at radius 2 is 1.74 bits per heavy atom. The zero-order valence-electron chi connectivity index (χ0n) is 15.6. The van der Waals surface area contributed by atoms with Gasteiger partial charge in [0, 0.05) is 52.0 Å². The van der Waals surface area contributed by atoms with E-state index in [2.05, 4.69) is 10.3 Å². The first kappa shape index (κ1) is 18.7. The van der Waals surface area contributed by atoms with Gasteiger partial charge in [-0.25, -0.2) is 0 Å². The molecular weight excluding hydrogens is 344 g/mol. The fourth-order valence-electron chi connectivity index (χ4n) is 3.01. The van der Waals surface area contributed by atoms with Gasteiger partial charge in [-0.3, -0.25) is 14.6 Å². The lowest BCUT2D eigenvalue weighted by atomic mass is 10.2. The zero-order chi connectivity index (χ0) is 19.2. The van der Waals surface area contributed by atoms with Crippen molar-refractivity contribution in [2.24, 2.45) is 0 Å². The van der Waals surface area contributed by atoms with Crippen molar-refractivity contribution in [3.63, 3.8) is 0 Å². The van der Waals surface area contributed by atoms with Gasteiger partial charge in [0.05, 0.1) is 18.4 Å². The lowest BCUT2D eigenvalue weighted by Gasteiger charge is -2.34. The Kier molecular flexibility index (Phi) is 5.90. The zero-order valence-corrected chi connectivity index (χ0v) is 15.6. The molecule has 0 spiro atoms. The number of amides is 2. The fourth-order valence-corrected chi connectivity index (χ4v) is 3.01. The van der Waals surface area contributed by atoms with Crippen LogP contribution in [0.5, 0.6) is 5.75 Å². The molecule has 0 saturated carbocycles. The molecule has 27 heavy (non-hydrogen) atoms. The number of piperazine rings is 1. The molecule has 1 fully saturated rings. The molecular formula is C20H24N4O3. The molecule has 7 heteroatoms. The first-order chi connectivity index (χ1) is 13.1. The van der Waals surface area contributed by atoms with Gasteiger partial charge in [-0.2, -0.15) is 0 Å². The van der Waals surface area contributed by atoms with E-state index in [1.807, 2.05) is 30.3 Å². The largest absolute Gasteiger partial charge is 0.497 e. The molecule has 2 amide bonds. The van der Waals surface area contributed by atoms with Gasteiger partial charge in [-0.15, -0.1) is 0 Å². The topological polar surface area (TPSA) is 74.8 Å². The number of anilines is 1. The van der Waals surface area contributed by atoms with Crippen molar-refractivity contribution in [3.05, 3.63) is 53.9 Å². The molecule has 2 heterocycles. The van der Waals surface area contributed by atoms with Gasteiger partial charge in [0.25, 0.3) is 5.91 Å². The molecule has 1 N–H and O–H groups in total. The van der Waals surface area contributed by atoms with Crippen LogP contribution in [-0.4, -0.2) is 59.9 Å². The van der Waals surface area contributed by atoms with Crippen LogP contribution in [0.1, 0.15) is 22.8 Å². The Labute approximate surface area is 158 Å². The predicted molar refractivity (Wildman–Crippen MR) is 103 cm³/mol. The van der Waals surface area contributed by atoms with Crippen LogP contribution >= 0.6 is 0 Å². The van der Waals surface area contributed by atoms with Gasteiger partial charge in [-0.05, 0) is 23.8 Å². The van der Waals surface area contributed by atoms with E-state index < -0.39 is 0 Å². The summed E-state index contributed by atoms with van der Waals surface area (Å²) in [6, 6.07) is 9.62. The Hall–Kier alpha value is -3.09. The van der Waals surface area contributed by atoms with Crippen LogP contribution in [0.2, 0.25) is 0 Å². The second-order valence-electron chi connectivity index (χ2n) is 6.46. The summed E-state index contributed by atoms with van der Waals surface area (Å²) in [6.07, 6.45) is 3.28. The highest BCUT2D eigenvalue weighted by molar-refractivity contribution is 5.95. The number of hydrogen-bond donors (Lipinski definition) is 1. The van der Waals surface area contributed by atoms with Crippen molar-refractivity contribution in [1.29, 1.82) is 0 Å². The molecule has 0 bridgehead atoms. The number of methoxy groups -OCH3 is 1. The average Bonchev–Trinajstić information content (AvgIpc) is 2.72. The third-order valence-corrected chi connectivity index (χ3v) is 4.65. The SMILES string of the molecule is COc1ccc(CNc2cncc(C(=O)N3CCN(C(C)=O)CC3)c2)cc1. The number of nitrogens with one attached hydrogen (secondary N) is 1. The van der Waals surface area contributed by atoms with Gasteiger partial charge < -0.3 is 19.9 Å². The molecule has 0 unspecified atom stereocenters. The highest BCUT2D eigenvalue weighted by Gasteiger charge is 2.23. The maximum atomic E-state index is 12.7. The minimum atomic E-state index is -0.0567. The summed E-state index contributed by atoms with van der Waals surface area (Å²) in [6.45, 7) is 4.41. The van der Waals surface area contributed by atoms with Crippen molar-refractivity contribution in [2.75, 3.05) is 38.6 Å². The number of hydrogen-bond acceptors (Lipinski definition) is 5. The minimum absolute atomic E-state index is 0.0495. The molecule has 1 aromatic carbocycles. The molecule has 0 radical (unpaired) electrons. The summed E-state index contributed by atoms with van der Waals surface area (Å²) in [5.41, 5.74) is 2.44. The van der Waals surface area contributed by atoms with Crippen molar-refractivity contribution < 1.29 is 14.3 Å². The van der Waals surface area contributed by atoms with Crippen LogP contribution in [0.3, 0.4) is 0 Å². The molecule has 1 aliphatic rings. The molecule has 0 aliphatic carbocycles. The number of carbonyl (C=O) groups excluding carboxylic acids is 2. The van der Waals surface area contributed by atoms with Gasteiger partial charge in [0.15, 0.2) is 0 Å². The third kappa shape index (κ3) is 4.75. The van der Waals surface area contributed by atoms with Crippen LogP contribution < -0.4 is 10.1 Å². The number of nitrogens with zero attached hydrogens (tertiary/aromatic N) is 3. The Balaban J connectivity index is 1.59. The van der Waals surface area contributed by atoms with E-state index in [1.54, 1.807) is 36.2 Å². The van der Waals surface area contributed by atoms with E-state index in [-0.39, 0.29) is 11.8 Å². The number of aromatic nitrogens is 1. The van der Waals surface area contributed by atoms with Gasteiger partial charge in [0.2, 0.25) is 5.91 Å². The number of rotatable bonds is 5. The molecule has 3 rings (SSSR count). The van der Waals surface area contributed by atoms with Gasteiger partial charge >= 0.3 is 0 Å². The molecule has 0 atom stereocenters. The summed E-state index contributed by atoms with van der Waals surface area (Å²) in [5.74, 6) is 0.810. The first-order valence-electron chi connectivity index (χ1n) is 8.93. The second-order valence-corrected chi connectivity index (χ2v) is 6.46. The van der Waals surface area contributed by atoms with Crippen molar-refractivity contribution in [3.8, 4) is 5.75 Å². The molecule has 142 valence electrons. The van der Waals surface area contributed by atoms with E-state index in [9.17, 15) is 9.59 Å². The van der Waals surface area contributed by atoms with E-state index in [1.165, 1.54) is 0 Å². The average molecular weight is 368 g/mol. The van der Waals surface area contributed by atoms with Crippen LogP contribution in [0.4, 0.5) is 5.69 Å². The molecule has 1 aliphatic heterocycles. The highest BCUT2D eigenvalue weighted by Crippen LogP contribution is 2.15. The van der Waals surface area contributed by atoms with Crippen LogP contribution in [-0.2, 0) is 11.3 Å². The lowest BCUT2D eigenvalue weighted by Crippen LogP contribution is -2.50. The molecule has 7 nitrogen and oxygen atoms in total. The second kappa shape index (κ2) is 8.53. The third-order valence-electron chi connectivity index (χ3n) is 4.65. The Morgan fingerprint density at radius 3 is 2.37 bits per heavy atom. The minimum Gasteiger partial charge on any atom is -0.497 e. The van der Waals surface area contributed by atoms with Gasteiger partial charge in [-0.1, -0.05) is 12.1 Å². The van der Waals surface area contributed by atoms with E-state index >= 15 is 0 Å². The summed E-state index contributed by atoms with van der Waals surface area (Å²) < 4.78 is 5.16. The first-order valence-corrected chi connectivity index (χ1v) is 8.93. The predicted octanol–water partition coefficient (Wildman–Crippen LogP) is 2.01. The number of ether oxygens (including phenoxy) is 1. The van der Waals surface area contributed by atoms with E-state index in [0.717, 1.165) is 17.0 Å². The lowest BCUT2D eigenvalue weighted by molar-refractivity contribution is -0.130. The quantitative estimate of drug-likeness (QED) is 0.874. The van der Waals surface area contributed by atoms with Crippen LogP contribution in [0.15, 0.2) is 42.7 Å². The fraction of sp³-hybridized carbons (Fsp3) is 0.350. The van der Waals surface area contributed by atoms with Crippen molar-refractivity contribution >= 4 is 17.5 Å². The van der Waals surface area contributed by atoms with Crippen LogP contribution in [0, 0.1) is 0 Å². The normalized spacial score (nSPS) is 14.0. The maximum absolute atomic E-state index is 12.7. The highest BCUT2D eigenvalue weighted by atomic mass is 16.5. The smallest absolute Gasteiger partial charge is 0.255 e. The Bertz CT molecular complexity index is 799. The number of carbonyl (C=O) groups is 2. The summed E-state index contributed by atoms with van der Waals surface area (Å²) >= 11 is 0. The van der Waals surface area contributed by atoms with E-state index in [0.29, 0.717) is 38.3 Å². The van der Waals surface area contributed by atoms with Crippen LogP contribution in [0.25, 0.3) is 0 Å². The summed E-state index contributed by atoms with van der Waals surface area (Å²) in [7, 11) is 1.64. The monoisotopic (exact) mass is 368 g/mol. The number of benzene rings is 1. The maximum Gasteiger partial charge on any atom is 0.255 e. The molecule has 1 saturated heterocycles. The molecule has 2 aromatic rings. The number of pyridine rings is 1. The van der Waals surface area contributed by atoms with Gasteiger partial charge in [0.1, 0.15) is 5.75 Å². The van der Waals surface area contributed by atoms with E-state index in [4.69, 9.17) is 4.74 Å². The Morgan fingerprint density at radius 1 is 1.07 bits per heavy atom. The van der Waals surface area contributed by atoms with Crippen molar-refractivity contribution in [1.82, 2.24) is 14.8 Å². The van der Waals surface area contributed by atoms with Crippen molar-refractivity contribution in [2.45, 2.75) is 13.5 Å². The summed E-state index contributed by atoms with van der Waals surface area (Å²) in [4.78, 5) is 31.8. The standard InChI is InChI=1S/C20H24N4O3/c1-15(25)23-7-9-24(10-8-23)20(26)17-11-18(14-21-13-17)22-12-16-3-5-19(27-2)6-4-16/h3-6,11,13-14,22H,7-10,12H2,1-2H3.